The van der Waals surface area contributed by atoms with Crippen LogP contribution in [0.15, 0.2) is 16.6 Å². The van der Waals surface area contributed by atoms with Crippen molar-refractivity contribution in [1.29, 1.82) is 0 Å². The van der Waals surface area contributed by atoms with Gasteiger partial charge in [-0.15, -0.1) is 0 Å². The molecular weight excluding hydrogens is 290 g/mol. The molecule has 96 valence electrons. The van der Waals surface area contributed by atoms with Gasteiger partial charge in [0.15, 0.2) is 0 Å². The van der Waals surface area contributed by atoms with Crippen LogP contribution in [0.1, 0.15) is 13.8 Å². The lowest BCUT2D eigenvalue weighted by molar-refractivity contribution is 0.316. The molecule has 1 rings (SSSR count). The van der Waals surface area contributed by atoms with Crippen molar-refractivity contribution in [2.75, 3.05) is 31.5 Å². The van der Waals surface area contributed by atoms with Gasteiger partial charge in [0, 0.05) is 19.2 Å². The minimum atomic E-state index is -0.461. The first-order valence-electron chi connectivity index (χ1n) is 5.69. The quantitative estimate of drug-likeness (QED) is 0.810. The minimum Gasteiger partial charge on any atom is -0.381 e. The summed E-state index contributed by atoms with van der Waals surface area (Å²) >= 11 is 2.94. The molecule has 0 aliphatic heterocycles. The molecule has 0 bridgehead atoms. The third kappa shape index (κ3) is 4.24. The van der Waals surface area contributed by atoms with Crippen molar-refractivity contribution in [2.45, 2.75) is 13.8 Å². The van der Waals surface area contributed by atoms with E-state index in [0.717, 1.165) is 25.7 Å². The van der Waals surface area contributed by atoms with Crippen molar-refractivity contribution in [1.82, 2.24) is 4.90 Å². The van der Waals surface area contributed by atoms with Crippen LogP contribution in [-0.2, 0) is 0 Å². The van der Waals surface area contributed by atoms with E-state index in [1.807, 2.05) is 0 Å². The highest BCUT2D eigenvalue weighted by molar-refractivity contribution is 9.10. The lowest BCUT2D eigenvalue weighted by Gasteiger charge is -2.18. The second kappa shape index (κ2) is 6.91. The third-order valence-corrected chi connectivity index (χ3v) is 3.26. The normalized spacial score (nSPS) is 10.9. The van der Waals surface area contributed by atoms with Crippen LogP contribution in [-0.4, -0.2) is 31.1 Å². The molecule has 0 spiro atoms. The molecule has 17 heavy (non-hydrogen) atoms. The number of anilines is 1. The highest BCUT2D eigenvalue weighted by Gasteiger charge is 2.08. The van der Waals surface area contributed by atoms with Crippen molar-refractivity contribution >= 4 is 21.6 Å². The van der Waals surface area contributed by atoms with Gasteiger partial charge in [-0.2, -0.15) is 0 Å². The van der Waals surface area contributed by atoms with Gasteiger partial charge in [0.05, 0.1) is 10.2 Å². The van der Waals surface area contributed by atoms with Crippen LogP contribution in [0.3, 0.4) is 0 Å². The molecule has 0 unspecified atom stereocenters. The van der Waals surface area contributed by atoms with Crippen LogP contribution in [0.4, 0.5) is 14.5 Å². The molecule has 0 aliphatic carbocycles. The second-order valence-corrected chi connectivity index (χ2v) is 4.55. The lowest BCUT2D eigenvalue weighted by Crippen LogP contribution is -2.28. The number of halogens is 3. The van der Waals surface area contributed by atoms with Crippen molar-refractivity contribution in [2.24, 2.45) is 0 Å². The van der Waals surface area contributed by atoms with Gasteiger partial charge in [0.25, 0.3) is 0 Å². The zero-order valence-electron chi connectivity index (χ0n) is 10.1. The Bertz CT molecular complexity index is 368. The monoisotopic (exact) mass is 306 g/mol. The summed E-state index contributed by atoms with van der Waals surface area (Å²) in [6, 6.07) is 2.30. The Morgan fingerprint density at radius 3 is 2.41 bits per heavy atom. The summed E-state index contributed by atoms with van der Waals surface area (Å²) in [6.07, 6.45) is 0. The number of likely N-dealkylation sites (N-methyl/N-ethyl adjacent to an activating group) is 1. The van der Waals surface area contributed by atoms with E-state index < -0.39 is 11.6 Å². The number of rotatable bonds is 6. The highest BCUT2D eigenvalue weighted by atomic mass is 79.9. The first-order chi connectivity index (χ1) is 8.08. The Hall–Kier alpha value is -0.680. The maximum Gasteiger partial charge on any atom is 0.147 e. The van der Waals surface area contributed by atoms with Crippen molar-refractivity contribution < 1.29 is 8.78 Å². The smallest absolute Gasteiger partial charge is 0.147 e. The van der Waals surface area contributed by atoms with Crippen LogP contribution < -0.4 is 5.32 Å². The average molecular weight is 307 g/mol. The predicted molar refractivity (Wildman–Crippen MR) is 70.3 cm³/mol. The Balaban J connectivity index is 2.55. The molecule has 0 aromatic heterocycles. The molecular formula is C12H17BrF2N2. The van der Waals surface area contributed by atoms with Crippen molar-refractivity contribution in [3.63, 3.8) is 0 Å². The fourth-order valence-electron chi connectivity index (χ4n) is 1.55. The van der Waals surface area contributed by atoms with E-state index >= 15 is 0 Å². The molecule has 5 heteroatoms. The summed E-state index contributed by atoms with van der Waals surface area (Å²) in [7, 11) is 0. The van der Waals surface area contributed by atoms with E-state index in [1.165, 1.54) is 6.07 Å². The molecule has 1 aromatic carbocycles. The van der Waals surface area contributed by atoms with Gasteiger partial charge in [-0.3, -0.25) is 0 Å². The van der Waals surface area contributed by atoms with E-state index in [-0.39, 0.29) is 10.2 Å². The van der Waals surface area contributed by atoms with Crippen molar-refractivity contribution in [3.8, 4) is 0 Å². The number of benzene rings is 1. The predicted octanol–water partition coefficient (Wildman–Crippen LogP) is 3.48. The maximum atomic E-state index is 13.4. The fraction of sp³-hybridized carbons (Fsp3) is 0.500. The number of hydrogen-bond donors (Lipinski definition) is 1. The molecule has 0 heterocycles. The fourth-order valence-corrected chi connectivity index (χ4v) is 1.86. The van der Waals surface area contributed by atoms with Crippen LogP contribution >= 0.6 is 15.9 Å². The molecule has 0 saturated carbocycles. The van der Waals surface area contributed by atoms with Crippen LogP contribution in [0, 0.1) is 11.6 Å². The zero-order valence-corrected chi connectivity index (χ0v) is 11.7. The molecule has 0 radical (unpaired) electrons. The largest absolute Gasteiger partial charge is 0.381 e. The Morgan fingerprint density at radius 2 is 1.82 bits per heavy atom. The summed E-state index contributed by atoms with van der Waals surface area (Å²) in [6.45, 7) is 7.46. The average Bonchev–Trinajstić information content (AvgIpc) is 2.31. The number of nitrogens with zero attached hydrogens (tertiary/aromatic N) is 1. The molecule has 1 N–H and O–H groups in total. The van der Waals surface area contributed by atoms with Gasteiger partial charge in [-0.05, 0) is 35.1 Å². The molecule has 0 aliphatic rings. The highest BCUT2D eigenvalue weighted by Crippen LogP contribution is 2.23. The number of nitrogens with one attached hydrogen (secondary N) is 1. The molecule has 0 amide bonds. The van der Waals surface area contributed by atoms with Gasteiger partial charge < -0.3 is 10.2 Å². The SMILES string of the molecule is CCN(CC)CCNc1cc(F)c(Br)cc1F. The van der Waals surface area contributed by atoms with Crippen LogP contribution in [0.25, 0.3) is 0 Å². The third-order valence-electron chi connectivity index (χ3n) is 2.65. The van der Waals surface area contributed by atoms with Gasteiger partial charge in [-0.1, -0.05) is 13.8 Å². The lowest BCUT2D eigenvalue weighted by atomic mass is 10.3. The van der Waals surface area contributed by atoms with Crippen molar-refractivity contribution in [3.05, 3.63) is 28.2 Å². The first-order valence-corrected chi connectivity index (χ1v) is 6.48. The summed E-state index contributed by atoms with van der Waals surface area (Å²) < 4.78 is 26.8. The summed E-state index contributed by atoms with van der Waals surface area (Å²) in [4.78, 5) is 2.21. The molecule has 2 nitrogen and oxygen atoms in total. The van der Waals surface area contributed by atoms with E-state index in [0.29, 0.717) is 6.54 Å². The van der Waals surface area contributed by atoms with E-state index in [4.69, 9.17) is 0 Å². The van der Waals surface area contributed by atoms with Gasteiger partial charge in [0.1, 0.15) is 11.6 Å². The van der Waals surface area contributed by atoms with Gasteiger partial charge >= 0.3 is 0 Å². The second-order valence-electron chi connectivity index (χ2n) is 3.70. The summed E-state index contributed by atoms with van der Waals surface area (Å²) in [5.74, 6) is -0.908. The molecule has 0 saturated heterocycles. The standard InChI is InChI=1S/C12H17BrF2N2/c1-3-17(4-2)6-5-16-12-8-10(14)9(13)7-11(12)15/h7-8,16H,3-6H2,1-2H3. The molecule has 0 fully saturated rings. The van der Waals surface area contributed by atoms with Gasteiger partial charge in [0.2, 0.25) is 0 Å². The Labute approximate surface area is 109 Å². The van der Waals surface area contributed by atoms with E-state index in [9.17, 15) is 8.78 Å². The summed E-state index contributed by atoms with van der Waals surface area (Å²) in [5, 5.41) is 2.90. The minimum absolute atomic E-state index is 0.143. The van der Waals surface area contributed by atoms with Gasteiger partial charge in [-0.25, -0.2) is 8.78 Å². The van der Waals surface area contributed by atoms with Crippen LogP contribution in [0.5, 0.6) is 0 Å². The Morgan fingerprint density at radius 1 is 1.18 bits per heavy atom. The molecule has 1 aromatic rings. The topological polar surface area (TPSA) is 15.3 Å². The first kappa shape index (κ1) is 14.4. The summed E-state index contributed by atoms with van der Waals surface area (Å²) in [5.41, 5.74) is 0.206. The molecule has 0 atom stereocenters. The van der Waals surface area contributed by atoms with E-state index in [1.54, 1.807) is 0 Å². The van der Waals surface area contributed by atoms with E-state index in [2.05, 4.69) is 40.0 Å². The maximum absolute atomic E-state index is 13.4. The number of hydrogen-bond acceptors (Lipinski definition) is 2. The zero-order chi connectivity index (χ0) is 12.8. The Kier molecular flexibility index (Phi) is 5.85. The van der Waals surface area contributed by atoms with Crippen LogP contribution in [0.2, 0.25) is 0 Å².